The third kappa shape index (κ3) is 4.21. The molecule has 1 N–H and O–H groups in total. The molecule has 3 aromatic carbocycles. The Kier molecular flexibility index (Phi) is 6.34. The number of aryl methyl sites for hydroxylation is 1. The molecular weight excluding hydrogens is 488 g/mol. The van der Waals surface area contributed by atoms with Gasteiger partial charge in [0.15, 0.2) is 5.11 Å². The minimum absolute atomic E-state index is 0.0190. The largest absolute Gasteiger partial charge is 0.497 e. The zero-order valence-electron chi connectivity index (χ0n) is 21.8. The van der Waals surface area contributed by atoms with Gasteiger partial charge in [-0.2, -0.15) is 0 Å². The van der Waals surface area contributed by atoms with E-state index < -0.39 is 0 Å². The quantitative estimate of drug-likeness (QED) is 0.250. The van der Waals surface area contributed by atoms with E-state index in [1.54, 1.807) is 7.11 Å². The number of fused-ring (bicyclic) bond motifs is 1. The summed E-state index contributed by atoms with van der Waals surface area (Å²) in [5, 5.41) is 6.80. The maximum Gasteiger partial charge on any atom is 0.170 e. The van der Waals surface area contributed by atoms with Gasteiger partial charge in [-0.1, -0.05) is 54.6 Å². The van der Waals surface area contributed by atoms with Gasteiger partial charge in [0.2, 0.25) is 0 Å². The topological polar surface area (TPSA) is 42.3 Å². The standard InChI is InChI=1S/C32H30N4OS/c1-21-19-27(22(2)36(21)29-13-8-10-24-9-4-5-11-26(24)29)31-30(28-12-6-7-18-33-28)34-32(38)35(31)20-23-14-16-25(37-3)17-15-23/h4-19,30-31H,20H2,1-3H3,(H,34,38). The summed E-state index contributed by atoms with van der Waals surface area (Å²) in [4.78, 5) is 7.02. The number of hydrogen-bond acceptors (Lipinski definition) is 3. The first kappa shape index (κ1) is 24.2. The number of pyridine rings is 1. The highest BCUT2D eigenvalue weighted by Gasteiger charge is 2.41. The molecule has 5 aromatic rings. The molecule has 38 heavy (non-hydrogen) atoms. The van der Waals surface area contributed by atoms with Crippen molar-refractivity contribution in [3.8, 4) is 11.4 Å². The Hall–Kier alpha value is -4.16. The van der Waals surface area contributed by atoms with Crippen LogP contribution >= 0.6 is 12.2 Å². The fourth-order valence-electron chi connectivity index (χ4n) is 5.70. The first-order valence-corrected chi connectivity index (χ1v) is 13.2. The van der Waals surface area contributed by atoms with E-state index in [2.05, 4.69) is 95.4 Å². The van der Waals surface area contributed by atoms with Crippen LogP contribution in [-0.4, -0.2) is 26.7 Å². The van der Waals surface area contributed by atoms with Crippen LogP contribution in [0.3, 0.4) is 0 Å². The van der Waals surface area contributed by atoms with Crippen molar-refractivity contribution < 1.29 is 4.74 Å². The molecule has 0 radical (unpaired) electrons. The zero-order valence-corrected chi connectivity index (χ0v) is 22.6. The van der Waals surface area contributed by atoms with E-state index in [9.17, 15) is 0 Å². The SMILES string of the molecule is COc1ccc(CN2C(=S)NC(c3ccccn3)C2c2cc(C)n(-c3cccc4ccccc34)c2C)cc1. The lowest BCUT2D eigenvalue weighted by Crippen LogP contribution is -2.29. The molecule has 0 aliphatic carbocycles. The van der Waals surface area contributed by atoms with E-state index >= 15 is 0 Å². The van der Waals surface area contributed by atoms with Crippen molar-refractivity contribution in [1.29, 1.82) is 0 Å². The molecule has 0 saturated carbocycles. The van der Waals surface area contributed by atoms with Gasteiger partial charge in [-0.15, -0.1) is 0 Å². The molecule has 2 atom stereocenters. The number of nitrogens with one attached hydrogen (secondary N) is 1. The molecule has 3 heterocycles. The Labute approximate surface area is 228 Å². The monoisotopic (exact) mass is 518 g/mol. The molecule has 0 amide bonds. The van der Waals surface area contributed by atoms with Gasteiger partial charge in [0.05, 0.1) is 30.6 Å². The molecule has 1 aliphatic rings. The lowest BCUT2D eigenvalue weighted by atomic mass is 9.96. The van der Waals surface area contributed by atoms with Crippen molar-refractivity contribution in [2.75, 3.05) is 7.11 Å². The first-order chi connectivity index (χ1) is 18.5. The maximum absolute atomic E-state index is 5.94. The second-order valence-electron chi connectivity index (χ2n) is 9.76. The molecule has 6 rings (SSSR count). The predicted octanol–water partition coefficient (Wildman–Crippen LogP) is 6.82. The van der Waals surface area contributed by atoms with Gasteiger partial charge < -0.3 is 19.5 Å². The van der Waals surface area contributed by atoms with Crippen molar-refractivity contribution in [3.05, 3.63) is 125 Å². The first-order valence-electron chi connectivity index (χ1n) is 12.8. The highest BCUT2D eigenvalue weighted by Crippen LogP contribution is 2.42. The van der Waals surface area contributed by atoms with Crippen LogP contribution in [0.4, 0.5) is 0 Å². The number of aromatic nitrogens is 2. The van der Waals surface area contributed by atoms with Crippen LogP contribution < -0.4 is 10.1 Å². The lowest BCUT2D eigenvalue weighted by Gasteiger charge is -2.28. The normalized spacial score (nSPS) is 17.1. The Balaban J connectivity index is 1.47. The van der Waals surface area contributed by atoms with Gasteiger partial charge in [0.25, 0.3) is 0 Å². The third-order valence-electron chi connectivity index (χ3n) is 7.51. The molecule has 1 saturated heterocycles. The van der Waals surface area contributed by atoms with Crippen LogP contribution in [0.1, 0.15) is 40.3 Å². The van der Waals surface area contributed by atoms with Crippen LogP contribution in [-0.2, 0) is 6.54 Å². The second-order valence-corrected chi connectivity index (χ2v) is 10.1. The summed E-state index contributed by atoms with van der Waals surface area (Å²) in [7, 11) is 1.69. The molecule has 2 unspecified atom stereocenters. The van der Waals surface area contributed by atoms with Gasteiger partial charge in [-0.3, -0.25) is 4.98 Å². The number of rotatable bonds is 6. The highest BCUT2D eigenvalue weighted by atomic mass is 32.1. The molecular formula is C32H30N4OS. The van der Waals surface area contributed by atoms with Gasteiger partial charge in [-0.05, 0) is 79.0 Å². The Morgan fingerprint density at radius 2 is 1.68 bits per heavy atom. The van der Waals surface area contributed by atoms with Crippen molar-refractivity contribution in [2.24, 2.45) is 0 Å². The van der Waals surface area contributed by atoms with Gasteiger partial charge in [-0.25, -0.2) is 0 Å². The Bertz CT molecular complexity index is 1610. The molecule has 6 heteroatoms. The van der Waals surface area contributed by atoms with Gasteiger partial charge in [0, 0.05) is 29.5 Å². The highest BCUT2D eigenvalue weighted by molar-refractivity contribution is 7.80. The summed E-state index contributed by atoms with van der Waals surface area (Å²) in [6.07, 6.45) is 1.85. The van der Waals surface area contributed by atoms with E-state index in [-0.39, 0.29) is 12.1 Å². The van der Waals surface area contributed by atoms with E-state index in [0.717, 1.165) is 16.6 Å². The average Bonchev–Trinajstić information content (AvgIpc) is 3.43. The van der Waals surface area contributed by atoms with E-state index in [4.69, 9.17) is 21.9 Å². The average molecular weight is 519 g/mol. The summed E-state index contributed by atoms with van der Waals surface area (Å²) in [6, 6.07) is 31.6. The third-order valence-corrected chi connectivity index (χ3v) is 7.86. The van der Waals surface area contributed by atoms with Crippen molar-refractivity contribution in [2.45, 2.75) is 32.5 Å². The summed E-state index contributed by atoms with van der Waals surface area (Å²) in [5.41, 5.74) is 6.98. The Morgan fingerprint density at radius 3 is 2.45 bits per heavy atom. The van der Waals surface area contributed by atoms with Crippen LogP contribution in [0.2, 0.25) is 0 Å². The summed E-state index contributed by atoms with van der Waals surface area (Å²) in [5.74, 6) is 0.845. The predicted molar refractivity (Wildman–Crippen MR) is 157 cm³/mol. The fourth-order valence-corrected chi connectivity index (χ4v) is 6.01. The number of benzene rings is 3. The number of thiocarbonyl (C=S) groups is 1. The molecule has 5 nitrogen and oxygen atoms in total. The smallest absolute Gasteiger partial charge is 0.170 e. The molecule has 190 valence electrons. The van der Waals surface area contributed by atoms with Gasteiger partial charge >= 0.3 is 0 Å². The Morgan fingerprint density at radius 1 is 0.921 bits per heavy atom. The van der Waals surface area contributed by atoms with Crippen LogP contribution in [0, 0.1) is 13.8 Å². The van der Waals surface area contributed by atoms with Crippen LogP contribution in [0.5, 0.6) is 5.75 Å². The van der Waals surface area contributed by atoms with Crippen molar-refractivity contribution in [1.82, 2.24) is 19.8 Å². The number of methoxy groups -OCH3 is 1. The van der Waals surface area contributed by atoms with Crippen molar-refractivity contribution in [3.63, 3.8) is 0 Å². The number of nitrogens with zero attached hydrogens (tertiary/aromatic N) is 3. The summed E-state index contributed by atoms with van der Waals surface area (Å²) in [6.45, 7) is 5.08. The minimum atomic E-state index is -0.0663. The van der Waals surface area contributed by atoms with Crippen LogP contribution in [0.15, 0.2) is 97.2 Å². The fraction of sp³-hybridized carbons (Fsp3) is 0.188. The van der Waals surface area contributed by atoms with Crippen LogP contribution in [0.25, 0.3) is 16.5 Å². The number of hydrogen-bond donors (Lipinski definition) is 1. The van der Waals surface area contributed by atoms with Gasteiger partial charge in [0.1, 0.15) is 5.75 Å². The molecule has 0 spiro atoms. The molecule has 1 aliphatic heterocycles. The van der Waals surface area contributed by atoms with Crippen molar-refractivity contribution >= 4 is 28.1 Å². The van der Waals surface area contributed by atoms with E-state index in [0.29, 0.717) is 6.54 Å². The maximum atomic E-state index is 5.94. The lowest BCUT2D eigenvalue weighted by molar-refractivity contribution is 0.310. The summed E-state index contributed by atoms with van der Waals surface area (Å²) >= 11 is 5.94. The molecule has 0 bridgehead atoms. The number of ether oxygens (including phenoxy) is 1. The van der Waals surface area contributed by atoms with E-state index in [1.807, 2.05) is 30.5 Å². The molecule has 2 aromatic heterocycles. The minimum Gasteiger partial charge on any atom is -0.497 e. The zero-order chi connectivity index (χ0) is 26.2. The second kappa shape index (κ2) is 9.95. The summed E-state index contributed by atoms with van der Waals surface area (Å²) < 4.78 is 7.74. The molecule has 1 fully saturated rings. The van der Waals surface area contributed by atoms with E-state index in [1.165, 1.54) is 39.0 Å².